The number of carbonyl (C=O) groups excluding carboxylic acids is 1. The van der Waals surface area contributed by atoms with E-state index in [1.54, 1.807) is 24.3 Å². The zero-order valence-electron chi connectivity index (χ0n) is 12.7. The summed E-state index contributed by atoms with van der Waals surface area (Å²) >= 11 is 0. The third-order valence-electron chi connectivity index (χ3n) is 3.25. The van der Waals surface area contributed by atoms with Crippen molar-refractivity contribution in [1.29, 1.82) is 0 Å². The summed E-state index contributed by atoms with van der Waals surface area (Å²) in [6.45, 7) is 0.389. The van der Waals surface area contributed by atoms with Crippen LogP contribution in [0.1, 0.15) is 15.9 Å². The van der Waals surface area contributed by atoms with E-state index in [1.807, 2.05) is 30.3 Å². The van der Waals surface area contributed by atoms with E-state index in [2.05, 4.69) is 11.2 Å². The molecular formula is C19H19NO3. The van der Waals surface area contributed by atoms with Crippen molar-refractivity contribution in [2.45, 2.75) is 12.5 Å². The predicted octanol–water partition coefficient (Wildman–Crippen LogP) is 2.03. The van der Waals surface area contributed by atoms with Gasteiger partial charge in [0.1, 0.15) is 12.4 Å². The number of aliphatic hydroxyl groups is 1. The molecule has 2 aromatic rings. The molecule has 0 unspecified atom stereocenters. The van der Waals surface area contributed by atoms with E-state index in [0.29, 0.717) is 17.7 Å². The molecule has 2 rings (SSSR count). The fourth-order valence-corrected chi connectivity index (χ4v) is 2.10. The lowest BCUT2D eigenvalue weighted by Gasteiger charge is -2.12. The summed E-state index contributed by atoms with van der Waals surface area (Å²) in [6, 6.07) is 16.3. The van der Waals surface area contributed by atoms with Crippen LogP contribution in [0.4, 0.5) is 0 Å². The van der Waals surface area contributed by atoms with Gasteiger partial charge >= 0.3 is 0 Å². The lowest BCUT2D eigenvalue weighted by molar-refractivity contribution is 0.0916. The minimum atomic E-state index is -0.625. The third-order valence-corrected chi connectivity index (χ3v) is 3.25. The van der Waals surface area contributed by atoms with Gasteiger partial charge < -0.3 is 15.2 Å². The fraction of sp³-hybridized carbons (Fsp3) is 0.211. The van der Waals surface area contributed by atoms with Crippen LogP contribution >= 0.6 is 0 Å². The molecule has 0 bridgehead atoms. The van der Waals surface area contributed by atoms with Crippen LogP contribution in [0.3, 0.4) is 0 Å². The molecule has 0 heterocycles. The normalized spacial score (nSPS) is 11.3. The van der Waals surface area contributed by atoms with Crippen LogP contribution < -0.4 is 10.1 Å². The first-order chi connectivity index (χ1) is 11.2. The van der Waals surface area contributed by atoms with Gasteiger partial charge in [0.15, 0.2) is 0 Å². The third kappa shape index (κ3) is 5.50. The van der Waals surface area contributed by atoms with Crippen molar-refractivity contribution >= 4 is 5.91 Å². The van der Waals surface area contributed by atoms with Gasteiger partial charge in [0.25, 0.3) is 5.91 Å². The van der Waals surface area contributed by atoms with Gasteiger partial charge in [-0.3, -0.25) is 4.79 Å². The molecule has 0 saturated heterocycles. The zero-order chi connectivity index (χ0) is 16.5. The Morgan fingerprint density at radius 3 is 2.52 bits per heavy atom. The Bertz CT molecular complexity index is 659. The number of rotatable bonds is 7. The minimum absolute atomic E-state index is 0.192. The lowest BCUT2D eigenvalue weighted by atomic mass is 10.1. The summed E-state index contributed by atoms with van der Waals surface area (Å²) in [5.41, 5.74) is 1.54. The molecule has 2 N–H and O–H groups in total. The minimum Gasteiger partial charge on any atom is -0.481 e. The van der Waals surface area contributed by atoms with E-state index in [-0.39, 0.29) is 19.1 Å². The highest BCUT2D eigenvalue weighted by Crippen LogP contribution is 2.12. The highest BCUT2D eigenvalue weighted by molar-refractivity contribution is 5.94. The van der Waals surface area contributed by atoms with Gasteiger partial charge in [0.2, 0.25) is 0 Å². The number of terminal acetylenes is 1. The molecule has 0 aliphatic heterocycles. The van der Waals surface area contributed by atoms with Gasteiger partial charge in [-0.05, 0) is 29.8 Å². The van der Waals surface area contributed by atoms with Gasteiger partial charge in [-0.15, -0.1) is 6.42 Å². The van der Waals surface area contributed by atoms with Crippen LogP contribution in [0.2, 0.25) is 0 Å². The number of amides is 1. The molecule has 4 heteroatoms. The number of benzene rings is 2. The lowest BCUT2D eigenvalue weighted by Crippen LogP contribution is -2.33. The second-order valence-corrected chi connectivity index (χ2v) is 5.07. The van der Waals surface area contributed by atoms with E-state index in [4.69, 9.17) is 11.2 Å². The van der Waals surface area contributed by atoms with Crippen LogP contribution in [0.25, 0.3) is 0 Å². The van der Waals surface area contributed by atoms with E-state index >= 15 is 0 Å². The molecule has 4 nitrogen and oxygen atoms in total. The Labute approximate surface area is 136 Å². The summed E-state index contributed by atoms with van der Waals surface area (Å²) in [4.78, 5) is 12.0. The monoisotopic (exact) mass is 309 g/mol. The second kappa shape index (κ2) is 8.62. The fourth-order valence-electron chi connectivity index (χ4n) is 2.10. The SMILES string of the molecule is C#CCOc1ccc(C(=O)NC[C@H](O)Cc2ccccc2)cc1. The average molecular weight is 309 g/mol. The van der Waals surface area contributed by atoms with Gasteiger partial charge in [0, 0.05) is 18.5 Å². The molecule has 0 aromatic heterocycles. The van der Waals surface area contributed by atoms with Crippen LogP contribution in [-0.4, -0.2) is 30.3 Å². The van der Waals surface area contributed by atoms with Crippen molar-refractivity contribution in [3.05, 3.63) is 65.7 Å². The quantitative estimate of drug-likeness (QED) is 0.770. The summed E-state index contributed by atoms with van der Waals surface area (Å²) in [7, 11) is 0. The standard InChI is InChI=1S/C19H19NO3/c1-2-12-23-18-10-8-16(9-11-18)19(22)20-14-17(21)13-15-6-4-3-5-7-15/h1,3-11,17,21H,12-14H2,(H,20,22)/t17-/m1/s1. The predicted molar refractivity (Wildman–Crippen MR) is 89.3 cm³/mol. The molecule has 2 aromatic carbocycles. The first-order valence-electron chi connectivity index (χ1n) is 7.35. The van der Waals surface area contributed by atoms with Crippen molar-refractivity contribution in [2.75, 3.05) is 13.2 Å². The van der Waals surface area contributed by atoms with Gasteiger partial charge in [0.05, 0.1) is 6.10 Å². The molecular weight excluding hydrogens is 290 g/mol. The zero-order valence-corrected chi connectivity index (χ0v) is 12.7. The number of hydrogen-bond donors (Lipinski definition) is 2. The van der Waals surface area contributed by atoms with Crippen LogP contribution in [0, 0.1) is 12.3 Å². The highest BCUT2D eigenvalue weighted by atomic mass is 16.5. The second-order valence-electron chi connectivity index (χ2n) is 5.07. The van der Waals surface area contributed by atoms with Gasteiger partial charge in [-0.1, -0.05) is 36.3 Å². The van der Waals surface area contributed by atoms with Crippen molar-refractivity contribution < 1.29 is 14.6 Å². The van der Waals surface area contributed by atoms with E-state index in [1.165, 1.54) is 0 Å². The number of nitrogens with one attached hydrogen (secondary N) is 1. The first-order valence-corrected chi connectivity index (χ1v) is 7.35. The number of hydrogen-bond acceptors (Lipinski definition) is 3. The van der Waals surface area contributed by atoms with E-state index in [0.717, 1.165) is 5.56 Å². The Morgan fingerprint density at radius 1 is 1.17 bits per heavy atom. The maximum Gasteiger partial charge on any atom is 0.251 e. The Balaban J connectivity index is 1.81. The van der Waals surface area contributed by atoms with Crippen LogP contribution in [0.5, 0.6) is 5.75 Å². The van der Waals surface area contributed by atoms with Crippen LogP contribution in [0.15, 0.2) is 54.6 Å². The maximum atomic E-state index is 12.0. The Morgan fingerprint density at radius 2 is 1.87 bits per heavy atom. The van der Waals surface area contributed by atoms with E-state index in [9.17, 15) is 9.90 Å². The van der Waals surface area contributed by atoms with Gasteiger partial charge in [-0.2, -0.15) is 0 Å². The topological polar surface area (TPSA) is 58.6 Å². The van der Waals surface area contributed by atoms with Crippen LogP contribution in [-0.2, 0) is 6.42 Å². The summed E-state index contributed by atoms with van der Waals surface area (Å²) < 4.78 is 5.25. The summed E-state index contributed by atoms with van der Waals surface area (Å²) in [5.74, 6) is 2.76. The van der Waals surface area contributed by atoms with Crippen molar-refractivity contribution in [3.63, 3.8) is 0 Å². The molecule has 118 valence electrons. The molecule has 0 radical (unpaired) electrons. The molecule has 0 aliphatic carbocycles. The molecule has 0 fully saturated rings. The molecule has 0 aliphatic rings. The number of aliphatic hydroxyl groups excluding tert-OH is 1. The highest BCUT2D eigenvalue weighted by Gasteiger charge is 2.10. The molecule has 1 atom stereocenters. The van der Waals surface area contributed by atoms with Crippen molar-refractivity contribution in [1.82, 2.24) is 5.32 Å². The summed E-state index contributed by atoms with van der Waals surface area (Å²) in [5, 5.41) is 12.7. The van der Waals surface area contributed by atoms with Crippen molar-refractivity contribution in [2.24, 2.45) is 0 Å². The molecule has 1 amide bonds. The number of carbonyl (C=O) groups is 1. The van der Waals surface area contributed by atoms with Crippen molar-refractivity contribution in [3.8, 4) is 18.1 Å². The molecule has 23 heavy (non-hydrogen) atoms. The summed E-state index contributed by atoms with van der Waals surface area (Å²) in [6.07, 6.45) is 4.99. The first kappa shape index (κ1) is 16.6. The number of ether oxygens (including phenoxy) is 1. The Kier molecular flexibility index (Phi) is 6.22. The smallest absolute Gasteiger partial charge is 0.251 e. The maximum absolute atomic E-state index is 12.0. The molecule has 0 spiro atoms. The largest absolute Gasteiger partial charge is 0.481 e. The van der Waals surface area contributed by atoms with Gasteiger partial charge in [-0.25, -0.2) is 0 Å². The Hall–Kier alpha value is -2.77. The molecule has 0 saturated carbocycles. The average Bonchev–Trinajstić information content (AvgIpc) is 2.59. The van der Waals surface area contributed by atoms with E-state index < -0.39 is 6.10 Å².